The molecule has 3 nitrogen and oxygen atoms in total. The highest BCUT2D eigenvalue weighted by atomic mass is 31.2. The number of hydrogen-bond donors (Lipinski definition) is 0. The van der Waals surface area contributed by atoms with Gasteiger partial charge in [0.15, 0.2) is 16.6 Å². The maximum atomic E-state index is 12.1. The van der Waals surface area contributed by atoms with E-state index in [-0.39, 0.29) is 0 Å². The molecule has 0 spiro atoms. The van der Waals surface area contributed by atoms with E-state index in [1.165, 1.54) is 0 Å². The van der Waals surface area contributed by atoms with Crippen molar-refractivity contribution < 1.29 is 13.4 Å². The summed E-state index contributed by atoms with van der Waals surface area (Å²) in [5.74, 6) is 0. The Bertz CT molecular complexity index is 221. The molecule has 15 heavy (non-hydrogen) atoms. The van der Waals surface area contributed by atoms with E-state index in [4.69, 9.17) is 8.85 Å². The lowest BCUT2D eigenvalue weighted by Gasteiger charge is -2.24. The smallest absolute Gasteiger partial charge is 0.184 e. The van der Waals surface area contributed by atoms with E-state index in [1.54, 1.807) is 6.66 Å². The molecule has 6 heteroatoms. The minimum Gasteiger partial charge on any atom is -0.410 e. The summed E-state index contributed by atoms with van der Waals surface area (Å²) in [6.07, 6.45) is 0.737. The third-order valence-corrected chi connectivity index (χ3v) is 5.40. The van der Waals surface area contributed by atoms with Crippen molar-refractivity contribution in [3.63, 3.8) is 0 Å². The molecule has 0 rings (SSSR count). The monoisotopic (exact) mass is 268 g/mol. The van der Waals surface area contributed by atoms with Crippen molar-refractivity contribution in [1.29, 1.82) is 0 Å². The summed E-state index contributed by atoms with van der Waals surface area (Å²) >= 11 is 0. The highest BCUT2D eigenvalue weighted by Gasteiger charge is 2.24. The van der Waals surface area contributed by atoms with Crippen molar-refractivity contribution in [1.82, 2.24) is 0 Å². The molecule has 92 valence electrons. The Hall–Kier alpha value is 0.584. The third kappa shape index (κ3) is 10.9. The van der Waals surface area contributed by atoms with Gasteiger partial charge in [-0.3, -0.25) is 0 Å². The molecule has 0 saturated carbocycles. The van der Waals surface area contributed by atoms with Crippen LogP contribution in [0.25, 0.3) is 0 Å². The topological polar surface area (TPSA) is 35.5 Å². The standard InChI is InChI=1S/C9H25O3PSi2/c1-13(10,8-11-14(2,3)4)9-12-15(5,6)7/h8-9H2,1-7H3. The SMILES string of the molecule is C[Si](C)(C)OCP(C)(=O)CO[Si](C)(C)C. The Labute approximate surface area is 96.2 Å². The zero-order valence-corrected chi connectivity index (χ0v) is 14.0. The first-order chi connectivity index (χ1) is 6.41. The Morgan fingerprint density at radius 1 is 0.867 bits per heavy atom. The molecule has 0 heterocycles. The predicted octanol–water partition coefficient (Wildman–Crippen LogP) is 3.60. The van der Waals surface area contributed by atoms with Crippen molar-refractivity contribution in [3.05, 3.63) is 0 Å². The van der Waals surface area contributed by atoms with Crippen LogP contribution in [0.5, 0.6) is 0 Å². The van der Waals surface area contributed by atoms with Gasteiger partial charge in [0.1, 0.15) is 7.14 Å². The molecule has 0 fully saturated rings. The van der Waals surface area contributed by atoms with E-state index < -0.39 is 23.8 Å². The van der Waals surface area contributed by atoms with Crippen molar-refractivity contribution >= 4 is 23.8 Å². The van der Waals surface area contributed by atoms with Gasteiger partial charge in [-0.15, -0.1) is 0 Å². The Morgan fingerprint density at radius 2 is 1.13 bits per heavy atom. The summed E-state index contributed by atoms with van der Waals surface area (Å²) in [5, 5.41) is 0. The van der Waals surface area contributed by atoms with Crippen LogP contribution in [0.1, 0.15) is 0 Å². The second kappa shape index (κ2) is 5.28. The minimum atomic E-state index is -2.26. The van der Waals surface area contributed by atoms with Crippen LogP contribution in [0.3, 0.4) is 0 Å². The highest BCUT2D eigenvalue weighted by Crippen LogP contribution is 2.42. The molecule has 0 aliphatic heterocycles. The molecular formula is C9H25O3PSi2. The summed E-state index contributed by atoms with van der Waals surface area (Å²) in [6, 6.07) is 0. The maximum absolute atomic E-state index is 12.1. The van der Waals surface area contributed by atoms with Gasteiger partial charge in [-0.2, -0.15) is 0 Å². The maximum Gasteiger partial charge on any atom is 0.184 e. The minimum absolute atomic E-state index is 0.368. The average molecular weight is 268 g/mol. The molecule has 0 aromatic heterocycles. The van der Waals surface area contributed by atoms with Crippen LogP contribution in [0, 0.1) is 0 Å². The molecule has 0 aliphatic carbocycles. The average Bonchev–Trinajstić information content (AvgIpc) is 1.96. The Kier molecular flexibility index (Phi) is 5.48. The van der Waals surface area contributed by atoms with Crippen molar-refractivity contribution in [2.45, 2.75) is 39.3 Å². The van der Waals surface area contributed by atoms with Gasteiger partial charge in [0.05, 0.1) is 12.7 Å². The molecule has 0 aromatic carbocycles. The van der Waals surface area contributed by atoms with Crippen LogP contribution in [-0.2, 0) is 13.4 Å². The molecular weight excluding hydrogens is 243 g/mol. The lowest BCUT2D eigenvalue weighted by Crippen LogP contribution is -2.28. The second-order valence-electron chi connectivity index (χ2n) is 6.07. The van der Waals surface area contributed by atoms with Crippen LogP contribution in [-0.4, -0.2) is 36.0 Å². The van der Waals surface area contributed by atoms with E-state index in [1.807, 2.05) is 0 Å². The van der Waals surface area contributed by atoms with Gasteiger partial charge in [0, 0.05) is 0 Å². The fourth-order valence-corrected chi connectivity index (χ4v) is 6.06. The molecule has 0 aliphatic rings. The zero-order chi connectivity index (χ0) is 12.3. The molecule has 0 atom stereocenters. The van der Waals surface area contributed by atoms with E-state index in [2.05, 4.69) is 39.3 Å². The van der Waals surface area contributed by atoms with E-state index in [0.29, 0.717) is 12.7 Å². The van der Waals surface area contributed by atoms with Crippen LogP contribution < -0.4 is 0 Å². The fourth-order valence-electron chi connectivity index (χ4n) is 0.698. The molecule has 0 N–H and O–H groups in total. The largest absolute Gasteiger partial charge is 0.410 e. The summed E-state index contributed by atoms with van der Waals surface area (Å²) in [7, 11) is -5.38. The number of hydrogen-bond acceptors (Lipinski definition) is 3. The van der Waals surface area contributed by atoms with E-state index in [9.17, 15) is 4.57 Å². The van der Waals surface area contributed by atoms with Crippen LogP contribution >= 0.6 is 7.14 Å². The Morgan fingerprint density at radius 3 is 1.33 bits per heavy atom. The normalized spacial score (nSPS) is 14.3. The van der Waals surface area contributed by atoms with E-state index in [0.717, 1.165) is 0 Å². The lowest BCUT2D eigenvalue weighted by molar-refractivity contribution is 0.341. The predicted molar refractivity (Wildman–Crippen MR) is 72.1 cm³/mol. The first kappa shape index (κ1) is 15.6. The highest BCUT2D eigenvalue weighted by molar-refractivity contribution is 7.62. The lowest BCUT2D eigenvalue weighted by atomic mass is 11.7. The fraction of sp³-hybridized carbons (Fsp3) is 1.00. The van der Waals surface area contributed by atoms with Crippen molar-refractivity contribution in [3.8, 4) is 0 Å². The van der Waals surface area contributed by atoms with Crippen LogP contribution in [0.2, 0.25) is 39.3 Å². The first-order valence-electron chi connectivity index (χ1n) is 5.25. The third-order valence-electron chi connectivity index (χ3n) is 1.54. The van der Waals surface area contributed by atoms with Gasteiger partial charge < -0.3 is 13.4 Å². The summed E-state index contributed by atoms with van der Waals surface area (Å²) in [5.41, 5.74) is 0. The van der Waals surface area contributed by atoms with Gasteiger partial charge in [-0.05, 0) is 45.9 Å². The van der Waals surface area contributed by atoms with Crippen molar-refractivity contribution in [2.24, 2.45) is 0 Å². The first-order valence-corrected chi connectivity index (χ1v) is 14.6. The van der Waals surface area contributed by atoms with Crippen LogP contribution in [0.4, 0.5) is 0 Å². The molecule has 0 aromatic rings. The summed E-state index contributed by atoms with van der Waals surface area (Å²) in [6.45, 7) is 14.4. The Balaban J connectivity index is 4.04. The quantitative estimate of drug-likeness (QED) is 0.545. The van der Waals surface area contributed by atoms with Gasteiger partial charge in [-0.25, -0.2) is 0 Å². The molecule has 0 bridgehead atoms. The van der Waals surface area contributed by atoms with Gasteiger partial charge >= 0.3 is 0 Å². The molecule has 0 amide bonds. The number of rotatable bonds is 6. The van der Waals surface area contributed by atoms with Crippen LogP contribution in [0.15, 0.2) is 0 Å². The van der Waals surface area contributed by atoms with E-state index >= 15 is 0 Å². The molecule has 0 radical (unpaired) electrons. The summed E-state index contributed by atoms with van der Waals surface area (Å²) in [4.78, 5) is 0. The second-order valence-corrected chi connectivity index (χ2v) is 18.2. The van der Waals surface area contributed by atoms with Crippen molar-refractivity contribution in [2.75, 3.05) is 19.4 Å². The molecule has 0 saturated heterocycles. The van der Waals surface area contributed by atoms with Gasteiger partial charge in [0.25, 0.3) is 0 Å². The summed E-state index contributed by atoms with van der Waals surface area (Å²) < 4.78 is 23.4. The zero-order valence-electron chi connectivity index (χ0n) is 11.1. The molecule has 0 unspecified atom stereocenters. The van der Waals surface area contributed by atoms with Gasteiger partial charge in [-0.1, -0.05) is 0 Å². The van der Waals surface area contributed by atoms with Gasteiger partial charge in [0.2, 0.25) is 0 Å².